The van der Waals surface area contributed by atoms with E-state index in [2.05, 4.69) is 10.3 Å². The molecule has 0 saturated carbocycles. The van der Waals surface area contributed by atoms with Crippen molar-refractivity contribution < 1.29 is 9.59 Å². The van der Waals surface area contributed by atoms with Crippen LogP contribution in [-0.4, -0.2) is 22.3 Å². The first-order valence-corrected chi connectivity index (χ1v) is 4.92. The van der Waals surface area contributed by atoms with Gasteiger partial charge in [0.2, 0.25) is 5.91 Å². The largest absolute Gasteiger partial charge is 0.370 e. The summed E-state index contributed by atoms with van der Waals surface area (Å²) >= 11 is 0. The van der Waals surface area contributed by atoms with Crippen molar-refractivity contribution in [2.24, 2.45) is 5.73 Å². The minimum absolute atomic E-state index is 0.0889. The Morgan fingerprint density at radius 3 is 2.62 bits per heavy atom. The monoisotopic (exact) mass is 221 g/mol. The predicted octanol–water partition coefficient (Wildman–Crippen LogP) is 0.465. The predicted molar refractivity (Wildman–Crippen MR) is 59.6 cm³/mol. The lowest BCUT2D eigenvalue weighted by atomic mass is 10.00. The topological polar surface area (TPSA) is 85.1 Å². The van der Waals surface area contributed by atoms with Crippen LogP contribution in [-0.2, 0) is 4.79 Å². The number of carbonyl (C=O) groups excluding carboxylic acids is 2. The first-order valence-electron chi connectivity index (χ1n) is 4.92. The number of carbonyl (C=O) groups is 2. The Morgan fingerprint density at radius 1 is 1.44 bits per heavy atom. The van der Waals surface area contributed by atoms with Gasteiger partial charge in [0.05, 0.1) is 0 Å². The molecule has 0 spiro atoms. The van der Waals surface area contributed by atoms with Gasteiger partial charge in [-0.1, -0.05) is 6.07 Å². The molecule has 0 fully saturated rings. The molecular formula is C11H15N3O2. The Kier molecular flexibility index (Phi) is 3.60. The number of nitrogens with one attached hydrogen (secondary N) is 1. The molecule has 0 unspecified atom stereocenters. The quantitative estimate of drug-likeness (QED) is 0.774. The molecule has 1 aromatic rings. The molecule has 0 bridgehead atoms. The Morgan fingerprint density at radius 2 is 2.12 bits per heavy atom. The Hall–Kier alpha value is -1.91. The fourth-order valence-corrected chi connectivity index (χ4v) is 1.35. The zero-order valence-electron chi connectivity index (χ0n) is 9.36. The van der Waals surface area contributed by atoms with Crippen LogP contribution in [0.25, 0.3) is 0 Å². The standard InChI is InChI=1S/C11H15N3O2/c1-11(2,7-9(12)15)14-10(16)8-5-3-4-6-13-8/h3-6H,7H2,1-2H3,(H2,12,15)(H,14,16). The van der Waals surface area contributed by atoms with Gasteiger partial charge in [-0.3, -0.25) is 14.6 Å². The summed E-state index contributed by atoms with van der Waals surface area (Å²) in [5, 5.41) is 2.70. The molecule has 2 amide bonds. The van der Waals surface area contributed by atoms with Crippen molar-refractivity contribution in [3.05, 3.63) is 30.1 Å². The molecule has 0 radical (unpaired) electrons. The maximum absolute atomic E-state index is 11.7. The summed E-state index contributed by atoms with van der Waals surface area (Å²) in [7, 11) is 0. The van der Waals surface area contributed by atoms with Crippen molar-refractivity contribution in [2.75, 3.05) is 0 Å². The van der Waals surface area contributed by atoms with Crippen LogP contribution in [0.5, 0.6) is 0 Å². The molecule has 86 valence electrons. The summed E-state index contributed by atoms with van der Waals surface area (Å²) in [6, 6.07) is 5.06. The third kappa shape index (κ3) is 3.68. The molecule has 0 aromatic carbocycles. The van der Waals surface area contributed by atoms with Crippen LogP contribution in [0.4, 0.5) is 0 Å². The van der Waals surface area contributed by atoms with E-state index in [1.165, 1.54) is 6.20 Å². The number of rotatable bonds is 4. The summed E-state index contributed by atoms with van der Waals surface area (Å²) in [5.74, 6) is -0.766. The molecule has 1 heterocycles. The second kappa shape index (κ2) is 4.74. The average molecular weight is 221 g/mol. The van der Waals surface area contributed by atoms with E-state index in [0.29, 0.717) is 5.69 Å². The third-order valence-electron chi connectivity index (χ3n) is 1.97. The number of amides is 2. The van der Waals surface area contributed by atoms with E-state index in [4.69, 9.17) is 5.73 Å². The van der Waals surface area contributed by atoms with Crippen molar-refractivity contribution in [1.29, 1.82) is 0 Å². The minimum Gasteiger partial charge on any atom is -0.370 e. The van der Waals surface area contributed by atoms with Crippen LogP contribution in [0, 0.1) is 0 Å². The van der Waals surface area contributed by atoms with Gasteiger partial charge >= 0.3 is 0 Å². The Balaban J connectivity index is 2.68. The highest BCUT2D eigenvalue weighted by Gasteiger charge is 2.23. The van der Waals surface area contributed by atoms with Gasteiger partial charge in [-0.05, 0) is 26.0 Å². The average Bonchev–Trinajstić information content (AvgIpc) is 2.16. The molecule has 1 rings (SSSR count). The van der Waals surface area contributed by atoms with Gasteiger partial charge in [-0.15, -0.1) is 0 Å². The summed E-state index contributed by atoms with van der Waals surface area (Å²) in [6.45, 7) is 3.47. The number of hydrogen-bond acceptors (Lipinski definition) is 3. The third-order valence-corrected chi connectivity index (χ3v) is 1.97. The number of nitrogens with two attached hydrogens (primary N) is 1. The van der Waals surface area contributed by atoms with Crippen LogP contribution in [0.2, 0.25) is 0 Å². The second-order valence-electron chi connectivity index (χ2n) is 4.20. The van der Waals surface area contributed by atoms with Crippen molar-refractivity contribution >= 4 is 11.8 Å². The van der Waals surface area contributed by atoms with E-state index in [1.807, 2.05) is 0 Å². The first-order chi connectivity index (χ1) is 7.41. The number of aromatic nitrogens is 1. The van der Waals surface area contributed by atoms with Gasteiger partial charge in [0, 0.05) is 18.2 Å². The summed E-state index contributed by atoms with van der Waals surface area (Å²) < 4.78 is 0. The van der Waals surface area contributed by atoms with Gasteiger partial charge in [-0.2, -0.15) is 0 Å². The highest BCUT2D eigenvalue weighted by Crippen LogP contribution is 2.08. The lowest BCUT2D eigenvalue weighted by Gasteiger charge is -2.24. The SMILES string of the molecule is CC(C)(CC(N)=O)NC(=O)c1ccccn1. The summed E-state index contributed by atoms with van der Waals surface area (Å²) in [4.78, 5) is 26.4. The normalized spacial score (nSPS) is 10.9. The maximum Gasteiger partial charge on any atom is 0.270 e. The van der Waals surface area contributed by atoms with Gasteiger partial charge in [0.15, 0.2) is 0 Å². The zero-order valence-corrected chi connectivity index (χ0v) is 9.36. The van der Waals surface area contributed by atoms with Crippen molar-refractivity contribution in [2.45, 2.75) is 25.8 Å². The molecule has 0 atom stereocenters. The highest BCUT2D eigenvalue weighted by molar-refractivity contribution is 5.93. The number of pyridine rings is 1. The fraction of sp³-hybridized carbons (Fsp3) is 0.364. The Bertz CT molecular complexity index is 387. The number of nitrogens with zero attached hydrogens (tertiary/aromatic N) is 1. The van der Waals surface area contributed by atoms with E-state index >= 15 is 0 Å². The molecule has 0 aliphatic rings. The molecule has 0 saturated heterocycles. The van der Waals surface area contributed by atoms with Crippen molar-refractivity contribution in [3.63, 3.8) is 0 Å². The van der Waals surface area contributed by atoms with Crippen LogP contribution in [0.3, 0.4) is 0 Å². The molecule has 0 aliphatic heterocycles. The van der Waals surface area contributed by atoms with Crippen molar-refractivity contribution in [1.82, 2.24) is 10.3 Å². The van der Waals surface area contributed by atoms with E-state index in [0.717, 1.165) is 0 Å². The molecule has 5 heteroatoms. The van der Waals surface area contributed by atoms with Crippen LogP contribution in [0.15, 0.2) is 24.4 Å². The van der Waals surface area contributed by atoms with E-state index < -0.39 is 11.4 Å². The molecule has 5 nitrogen and oxygen atoms in total. The van der Waals surface area contributed by atoms with Gasteiger partial charge in [-0.25, -0.2) is 0 Å². The van der Waals surface area contributed by atoms with E-state index in [1.54, 1.807) is 32.0 Å². The van der Waals surface area contributed by atoms with Crippen LogP contribution < -0.4 is 11.1 Å². The van der Waals surface area contributed by atoms with Crippen LogP contribution >= 0.6 is 0 Å². The summed E-state index contributed by atoms with van der Waals surface area (Å²) in [5.41, 5.74) is 4.74. The molecule has 0 aliphatic carbocycles. The fourth-order valence-electron chi connectivity index (χ4n) is 1.35. The highest BCUT2D eigenvalue weighted by atomic mass is 16.2. The first kappa shape index (κ1) is 12.2. The number of primary amides is 1. The minimum atomic E-state index is -0.666. The zero-order chi connectivity index (χ0) is 12.2. The second-order valence-corrected chi connectivity index (χ2v) is 4.20. The number of hydrogen-bond donors (Lipinski definition) is 2. The molecule has 3 N–H and O–H groups in total. The van der Waals surface area contributed by atoms with E-state index in [-0.39, 0.29) is 12.3 Å². The van der Waals surface area contributed by atoms with Gasteiger partial charge < -0.3 is 11.1 Å². The lowest BCUT2D eigenvalue weighted by molar-refractivity contribution is -0.119. The van der Waals surface area contributed by atoms with E-state index in [9.17, 15) is 9.59 Å². The smallest absolute Gasteiger partial charge is 0.270 e. The molecule has 16 heavy (non-hydrogen) atoms. The maximum atomic E-state index is 11.7. The Labute approximate surface area is 94.1 Å². The van der Waals surface area contributed by atoms with Gasteiger partial charge in [0.25, 0.3) is 5.91 Å². The summed E-state index contributed by atoms with van der Waals surface area (Å²) in [6.07, 6.45) is 1.63. The molecular weight excluding hydrogens is 206 g/mol. The van der Waals surface area contributed by atoms with Crippen molar-refractivity contribution in [3.8, 4) is 0 Å². The lowest BCUT2D eigenvalue weighted by Crippen LogP contribution is -2.46. The van der Waals surface area contributed by atoms with Crippen LogP contribution in [0.1, 0.15) is 30.8 Å². The van der Waals surface area contributed by atoms with Gasteiger partial charge in [0.1, 0.15) is 5.69 Å². The molecule has 1 aromatic heterocycles.